The smallest absolute Gasteiger partial charge is 0.120 e. The Morgan fingerprint density at radius 2 is 0.741 bits per heavy atom. The summed E-state index contributed by atoms with van der Waals surface area (Å²) in [5.41, 5.74) is 12.7. The Labute approximate surface area is 317 Å². The monoisotopic (exact) mass is 694 g/mol. The summed E-state index contributed by atoms with van der Waals surface area (Å²) >= 11 is 0. The van der Waals surface area contributed by atoms with Crippen molar-refractivity contribution in [2.24, 2.45) is 0 Å². The third kappa shape index (κ3) is 4.92. The molecule has 0 amide bonds. The van der Waals surface area contributed by atoms with Crippen LogP contribution in [0.5, 0.6) is 5.75 Å². The third-order valence-corrected chi connectivity index (χ3v) is 11.6. The molecule has 0 saturated carbocycles. The van der Waals surface area contributed by atoms with Crippen LogP contribution >= 0.6 is 0 Å². The SMILES string of the molecule is CC(C)(C)Oc1ccc(-c2c3ccccc3c(-c3c4ccccc4c(-c4ccc5c(c4)C(C)(C)c4ccccc4-5)c4ccccc34)c3ccccc23)cc1. The summed E-state index contributed by atoms with van der Waals surface area (Å²) in [5.74, 6) is 0.881. The molecule has 9 aromatic rings. The van der Waals surface area contributed by atoms with Gasteiger partial charge in [0.1, 0.15) is 11.4 Å². The number of benzene rings is 9. The van der Waals surface area contributed by atoms with Crippen LogP contribution in [0, 0.1) is 0 Å². The Hall–Kier alpha value is -6.18. The van der Waals surface area contributed by atoms with Gasteiger partial charge in [-0.1, -0.05) is 159 Å². The van der Waals surface area contributed by atoms with Crippen LogP contribution in [0.2, 0.25) is 0 Å². The lowest BCUT2D eigenvalue weighted by Crippen LogP contribution is -2.22. The fourth-order valence-corrected chi connectivity index (χ4v) is 9.32. The molecule has 0 spiro atoms. The maximum absolute atomic E-state index is 6.21. The van der Waals surface area contributed by atoms with Crippen molar-refractivity contribution >= 4 is 43.1 Å². The fraction of sp³-hybridized carbons (Fsp3) is 0.132. The molecular weight excluding hydrogens is 653 g/mol. The second kappa shape index (κ2) is 11.9. The van der Waals surface area contributed by atoms with E-state index < -0.39 is 0 Å². The molecule has 0 fully saturated rings. The van der Waals surface area contributed by atoms with Gasteiger partial charge in [-0.05, 0) is 138 Å². The topological polar surface area (TPSA) is 9.23 Å². The summed E-state index contributed by atoms with van der Waals surface area (Å²) in [6, 6.07) is 60.8. The molecule has 9 aromatic carbocycles. The van der Waals surface area contributed by atoms with Gasteiger partial charge in [0.25, 0.3) is 0 Å². The second-order valence-corrected chi connectivity index (χ2v) is 16.4. The van der Waals surface area contributed by atoms with Crippen LogP contribution in [0.15, 0.2) is 164 Å². The average Bonchev–Trinajstić information content (AvgIpc) is 3.41. The number of hydrogen-bond donors (Lipinski definition) is 0. The number of ether oxygens (including phenoxy) is 1. The Morgan fingerprint density at radius 1 is 0.370 bits per heavy atom. The highest BCUT2D eigenvalue weighted by atomic mass is 16.5. The third-order valence-electron chi connectivity index (χ3n) is 11.6. The van der Waals surface area contributed by atoms with Crippen LogP contribution in [0.3, 0.4) is 0 Å². The van der Waals surface area contributed by atoms with Gasteiger partial charge in [-0.3, -0.25) is 0 Å². The minimum Gasteiger partial charge on any atom is -0.488 e. The maximum Gasteiger partial charge on any atom is 0.120 e. The van der Waals surface area contributed by atoms with E-state index in [-0.39, 0.29) is 11.0 Å². The van der Waals surface area contributed by atoms with Gasteiger partial charge in [-0.15, -0.1) is 0 Å². The van der Waals surface area contributed by atoms with E-state index >= 15 is 0 Å². The summed E-state index contributed by atoms with van der Waals surface area (Å²) in [4.78, 5) is 0. The van der Waals surface area contributed by atoms with Crippen LogP contribution in [-0.4, -0.2) is 5.60 Å². The van der Waals surface area contributed by atoms with E-state index in [0.717, 1.165) is 5.75 Å². The van der Waals surface area contributed by atoms with E-state index in [0.29, 0.717) is 0 Å². The van der Waals surface area contributed by atoms with Gasteiger partial charge in [0.05, 0.1) is 0 Å². The molecule has 1 aliphatic carbocycles. The van der Waals surface area contributed by atoms with Crippen LogP contribution < -0.4 is 4.74 Å². The Kier molecular flexibility index (Phi) is 7.17. The van der Waals surface area contributed by atoms with Crippen molar-refractivity contribution in [2.45, 2.75) is 45.6 Å². The largest absolute Gasteiger partial charge is 0.488 e. The first kappa shape index (κ1) is 32.5. The van der Waals surface area contributed by atoms with E-state index in [1.54, 1.807) is 0 Å². The van der Waals surface area contributed by atoms with Crippen molar-refractivity contribution in [1.82, 2.24) is 0 Å². The van der Waals surface area contributed by atoms with Crippen molar-refractivity contribution < 1.29 is 4.74 Å². The van der Waals surface area contributed by atoms with E-state index in [1.165, 1.54) is 98.7 Å². The molecule has 10 rings (SSSR count). The Bertz CT molecular complexity index is 2840. The Balaban J connectivity index is 1.26. The van der Waals surface area contributed by atoms with Crippen molar-refractivity contribution in [3.63, 3.8) is 0 Å². The zero-order chi connectivity index (χ0) is 36.8. The normalized spacial score (nSPS) is 13.4. The molecule has 0 N–H and O–H groups in total. The van der Waals surface area contributed by atoms with Crippen molar-refractivity contribution in [3.05, 3.63) is 175 Å². The fourth-order valence-electron chi connectivity index (χ4n) is 9.32. The van der Waals surface area contributed by atoms with Crippen LogP contribution in [0.1, 0.15) is 45.7 Å². The van der Waals surface area contributed by atoms with Gasteiger partial charge in [-0.2, -0.15) is 0 Å². The lowest BCUT2D eigenvalue weighted by molar-refractivity contribution is 0.131. The predicted molar refractivity (Wildman–Crippen MR) is 231 cm³/mol. The molecule has 0 atom stereocenters. The van der Waals surface area contributed by atoms with Gasteiger partial charge in [0, 0.05) is 5.41 Å². The molecule has 0 radical (unpaired) electrons. The number of rotatable bonds is 4. The van der Waals surface area contributed by atoms with Gasteiger partial charge in [-0.25, -0.2) is 0 Å². The van der Waals surface area contributed by atoms with E-state index in [9.17, 15) is 0 Å². The Morgan fingerprint density at radius 3 is 1.20 bits per heavy atom. The van der Waals surface area contributed by atoms with Gasteiger partial charge in [0.2, 0.25) is 0 Å². The summed E-state index contributed by atoms with van der Waals surface area (Å²) in [6.45, 7) is 11.0. The molecule has 0 aromatic heterocycles. The highest BCUT2D eigenvalue weighted by molar-refractivity contribution is 6.30. The quantitative estimate of drug-likeness (QED) is 0.167. The summed E-state index contributed by atoms with van der Waals surface area (Å²) < 4.78 is 6.21. The molecular formula is C53H42O. The second-order valence-electron chi connectivity index (χ2n) is 16.4. The first-order chi connectivity index (χ1) is 26.2. The molecule has 54 heavy (non-hydrogen) atoms. The maximum atomic E-state index is 6.21. The van der Waals surface area contributed by atoms with Crippen LogP contribution in [0.4, 0.5) is 0 Å². The van der Waals surface area contributed by atoms with Crippen LogP contribution in [0.25, 0.3) is 87.6 Å². The van der Waals surface area contributed by atoms with Crippen molar-refractivity contribution in [3.8, 4) is 50.3 Å². The lowest BCUT2D eigenvalue weighted by atomic mass is 9.79. The highest BCUT2D eigenvalue weighted by Crippen LogP contribution is 2.53. The molecule has 0 heterocycles. The summed E-state index contributed by atoms with van der Waals surface area (Å²) in [7, 11) is 0. The molecule has 0 unspecified atom stereocenters. The van der Waals surface area contributed by atoms with E-state index in [1.807, 2.05) is 0 Å². The molecule has 0 aliphatic heterocycles. The molecule has 1 aliphatic rings. The molecule has 0 saturated heterocycles. The van der Waals surface area contributed by atoms with Crippen LogP contribution in [-0.2, 0) is 5.41 Å². The highest BCUT2D eigenvalue weighted by Gasteiger charge is 2.35. The average molecular weight is 695 g/mol. The zero-order valence-electron chi connectivity index (χ0n) is 31.5. The summed E-state index contributed by atoms with van der Waals surface area (Å²) in [5, 5.41) is 10.1. The van der Waals surface area contributed by atoms with E-state index in [4.69, 9.17) is 4.74 Å². The number of hydrogen-bond acceptors (Lipinski definition) is 1. The van der Waals surface area contributed by atoms with E-state index in [2.05, 4.69) is 198 Å². The molecule has 1 nitrogen and oxygen atoms in total. The van der Waals surface area contributed by atoms with Crippen molar-refractivity contribution in [1.29, 1.82) is 0 Å². The first-order valence-corrected chi connectivity index (χ1v) is 19.1. The van der Waals surface area contributed by atoms with Gasteiger partial charge < -0.3 is 4.74 Å². The van der Waals surface area contributed by atoms with Gasteiger partial charge >= 0.3 is 0 Å². The van der Waals surface area contributed by atoms with Crippen molar-refractivity contribution in [2.75, 3.05) is 0 Å². The minimum absolute atomic E-state index is 0.0764. The zero-order valence-corrected chi connectivity index (χ0v) is 31.5. The van der Waals surface area contributed by atoms with Gasteiger partial charge in [0.15, 0.2) is 0 Å². The standard InChI is InChI=1S/C53H42O/c1-52(2,3)54-35-29-26-33(27-30-35)48-38-17-6-10-21-42(38)50(43-22-11-7-18-39(43)48)51-44-23-12-8-19-40(44)49(41-20-9-13-24-45(41)51)34-28-31-37-36-16-14-15-25-46(36)53(4,5)47(37)32-34/h6-32H,1-5H3. The number of fused-ring (bicyclic) bond motifs is 7. The first-order valence-electron chi connectivity index (χ1n) is 19.1. The predicted octanol–water partition coefficient (Wildman–Crippen LogP) is 14.8. The molecule has 260 valence electrons. The minimum atomic E-state index is -0.257. The summed E-state index contributed by atoms with van der Waals surface area (Å²) in [6.07, 6.45) is 0. The molecule has 0 bridgehead atoms. The lowest BCUT2D eigenvalue weighted by Gasteiger charge is -2.24. The molecule has 1 heteroatoms.